The summed E-state index contributed by atoms with van der Waals surface area (Å²) in [4.78, 5) is 24.8. The molecule has 0 aliphatic carbocycles. The van der Waals surface area contributed by atoms with Gasteiger partial charge in [0, 0.05) is 25.3 Å². The Balaban J connectivity index is 2.96. The van der Waals surface area contributed by atoms with Gasteiger partial charge in [-0.05, 0) is 6.92 Å². The van der Waals surface area contributed by atoms with Crippen LogP contribution in [0.25, 0.3) is 0 Å². The molecule has 17 heavy (non-hydrogen) atoms. The second-order valence-electron chi connectivity index (χ2n) is 3.69. The van der Waals surface area contributed by atoms with Gasteiger partial charge in [0.2, 0.25) is 0 Å². The molecule has 2 N–H and O–H groups in total. The summed E-state index contributed by atoms with van der Waals surface area (Å²) in [7, 11) is 1.45. The zero-order valence-electron chi connectivity index (χ0n) is 9.64. The van der Waals surface area contributed by atoms with E-state index in [9.17, 15) is 9.59 Å². The summed E-state index contributed by atoms with van der Waals surface area (Å²) in [5.74, 6) is 0. The first-order valence-electron chi connectivity index (χ1n) is 5.09. The van der Waals surface area contributed by atoms with Crippen LogP contribution >= 0.6 is 11.6 Å². The van der Waals surface area contributed by atoms with Gasteiger partial charge in [0.1, 0.15) is 5.50 Å². The van der Waals surface area contributed by atoms with Crippen LogP contribution in [-0.2, 0) is 4.74 Å². The van der Waals surface area contributed by atoms with Gasteiger partial charge in [-0.2, -0.15) is 0 Å². The van der Waals surface area contributed by atoms with E-state index in [2.05, 4.69) is 4.98 Å². The van der Waals surface area contributed by atoms with Crippen LogP contribution in [0.4, 0.5) is 0 Å². The molecular weight excluding hydrogens is 248 g/mol. The van der Waals surface area contributed by atoms with Gasteiger partial charge < -0.3 is 9.84 Å². The van der Waals surface area contributed by atoms with Crippen molar-refractivity contribution < 1.29 is 9.84 Å². The zero-order valence-corrected chi connectivity index (χ0v) is 10.4. The van der Waals surface area contributed by atoms with Crippen molar-refractivity contribution in [1.82, 2.24) is 9.55 Å². The number of alkyl halides is 1. The van der Waals surface area contributed by atoms with E-state index < -0.39 is 22.9 Å². The molecule has 1 aromatic rings. The fraction of sp³-hybridized carbons (Fsp3) is 0.600. The summed E-state index contributed by atoms with van der Waals surface area (Å²) in [5.41, 5.74) is -1.29. The lowest BCUT2D eigenvalue weighted by Crippen LogP contribution is -2.33. The lowest BCUT2D eigenvalue weighted by atomic mass is 10.2. The molecule has 1 rings (SSSR count). The number of aromatic nitrogens is 2. The average Bonchev–Trinajstić information content (AvgIpc) is 2.30. The second-order valence-corrected chi connectivity index (χ2v) is 4.19. The number of nitrogens with one attached hydrogen (secondary N) is 1. The Kier molecular flexibility index (Phi) is 4.92. The number of aliphatic hydroxyl groups is 1. The van der Waals surface area contributed by atoms with Gasteiger partial charge in [-0.15, -0.1) is 0 Å². The molecule has 1 aromatic heterocycles. The minimum absolute atomic E-state index is 0.184. The molecule has 0 amide bonds. The molecule has 0 saturated heterocycles. The summed E-state index contributed by atoms with van der Waals surface area (Å²) in [6, 6.07) is 0. The normalized spacial score (nSPS) is 14.6. The fourth-order valence-corrected chi connectivity index (χ4v) is 1.71. The SMILES string of the molecule is COC(CO)CC(Cl)n1cc(C)c(=O)[nH]c1=O. The first kappa shape index (κ1) is 14.0. The lowest BCUT2D eigenvalue weighted by molar-refractivity contribution is 0.0388. The van der Waals surface area contributed by atoms with E-state index in [1.54, 1.807) is 6.92 Å². The van der Waals surface area contributed by atoms with Crippen LogP contribution in [0, 0.1) is 6.92 Å². The van der Waals surface area contributed by atoms with Crippen LogP contribution < -0.4 is 11.2 Å². The highest BCUT2D eigenvalue weighted by molar-refractivity contribution is 6.19. The van der Waals surface area contributed by atoms with Gasteiger partial charge >= 0.3 is 5.69 Å². The zero-order chi connectivity index (χ0) is 13.0. The predicted octanol–water partition coefficient (Wildman–Crippen LogP) is -0.0202. The number of aryl methyl sites for hydroxylation is 1. The molecule has 2 unspecified atom stereocenters. The number of aliphatic hydroxyl groups excluding tert-OH is 1. The van der Waals surface area contributed by atoms with E-state index in [0.717, 1.165) is 0 Å². The van der Waals surface area contributed by atoms with Gasteiger partial charge in [0.05, 0.1) is 12.7 Å². The number of nitrogens with zero attached hydrogens (tertiary/aromatic N) is 1. The Bertz CT molecular complexity index is 478. The Hall–Kier alpha value is -1.11. The van der Waals surface area contributed by atoms with Gasteiger partial charge in [-0.25, -0.2) is 4.79 Å². The van der Waals surface area contributed by atoms with Gasteiger partial charge in [-0.3, -0.25) is 14.3 Å². The topological polar surface area (TPSA) is 84.3 Å². The lowest BCUT2D eigenvalue weighted by Gasteiger charge is -2.18. The quantitative estimate of drug-likeness (QED) is 0.731. The summed E-state index contributed by atoms with van der Waals surface area (Å²) in [6.45, 7) is 1.40. The number of halogens is 1. The molecule has 7 heteroatoms. The van der Waals surface area contributed by atoms with E-state index in [4.69, 9.17) is 21.4 Å². The second kappa shape index (κ2) is 6.00. The molecule has 96 valence electrons. The predicted molar refractivity (Wildman–Crippen MR) is 63.4 cm³/mol. The maximum atomic E-state index is 11.5. The van der Waals surface area contributed by atoms with E-state index >= 15 is 0 Å². The Labute approximate surface area is 103 Å². The number of ether oxygens (including phenoxy) is 1. The maximum Gasteiger partial charge on any atom is 0.329 e. The molecule has 0 bridgehead atoms. The molecule has 0 saturated carbocycles. The van der Waals surface area contributed by atoms with Crippen LogP contribution in [0.3, 0.4) is 0 Å². The van der Waals surface area contributed by atoms with Crippen LogP contribution in [-0.4, -0.2) is 34.5 Å². The number of aromatic amines is 1. The minimum Gasteiger partial charge on any atom is -0.394 e. The molecule has 0 aliphatic heterocycles. The van der Waals surface area contributed by atoms with E-state index in [1.807, 2.05) is 0 Å². The molecule has 6 nitrogen and oxygen atoms in total. The fourth-order valence-electron chi connectivity index (χ4n) is 1.37. The largest absolute Gasteiger partial charge is 0.394 e. The highest BCUT2D eigenvalue weighted by Gasteiger charge is 2.16. The monoisotopic (exact) mass is 262 g/mol. The van der Waals surface area contributed by atoms with E-state index in [1.165, 1.54) is 17.9 Å². The molecule has 0 aromatic carbocycles. The van der Waals surface area contributed by atoms with Crippen molar-refractivity contribution in [2.75, 3.05) is 13.7 Å². The smallest absolute Gasteiger partial charge is 0.329 e. The number of rotatable bonds is 5. The molecule has 0 spiro atoms. The maximum absolute atomic E-state index is 11.5. The third kappa shape index (κ3) is 3.42. The standard InChI is InChI=1S/C10H15ClN2O4/c1-6-4-13(10(16)12-9(6)15)8(11)3-7(5-14)17-2/h4,7-8,14H,3,5H2,1-2H3,(H,12,15,16). The number of H-pyrrole nitrogens is 1. The Morgan fingerprint density at radius 2 is 2.24 bits per heavy atom. The molecule has 1 heterocycles. The number of hydrogen-bond donors (Lipinski definition) is 2. The minimum atomic E-state index is -0.685. The highest BCUT2D eigenvalue weighted by atomic mass is 35.5. The van der Waals surface area contributed by atoms with E-state index in [0.29, 0.717) is 5.56 Å². The number of hydrogen-bond acceptors (Lipinski definition) is 4. The summed E-state index contributed by atoms with van der Waals surface area (Å²) < 4.78 is 6.17. The highest BCUT2D eigenvalue weighted by Crippen LogP contribution is 2.17. The molecule has 0 radical (unpaired) electrons. The van der Waals surface area contributed by atoms with Crippen molar-refractivity contribution >= 4 is 11.6 Å². The molecule has 2 atom stereocenters. The average molecular weight is 263 g/mol. The van der Waals surface area contributed by atoms with Crippen molar-refractivity contribution in [3.8, 4) is 0 Å². The van der Waals surface area contributed by atoms with E-state index in [-0.39, 0.29) is 13.0 Å². The molecule has 0 fully saturated rings. The van der Waals surface area contributed by atoms with Crippen LogP contribution in [0.15, 0.2) is 15.8 Å². The van der Waals surface area contributed by atoms with Crippen molar-refractivity contribution in [1.29, 1.82) is 0 Å². The Morgan fingerprint density at radius 1 is 1.59 bits per heavy atom. The third-order valence-corrected chi connectivity index (χ3v) is 2.83. The molecule has 0 aliphatic rings. The first-order chi connectivity index (χ1) is 7.99. The number of methoxy groups -OCH3 is 1. The summed E-state index contributed by atoms with van der Waals surface area (Å²) in [5, 5.41) is 8.96. The van der Waals surface area contributed by atoms with Gasteiger partial charge in [0.25, 0.3) is 5.56 Å². The summed E-state index contributed by atoms with van der Waals surface area (Å²) >= 11 is 6.04. The van der Waals surface area contributed by atoms with Crippen molar-refractivity contribution in [3.63, 3.8) is 0 Å². The van der Waals surface area contributed by atoms with Crippen LogP contribution in [0.1, 0.15) is 17.5 Å². The van der Waals surface area contributed by atoms with Crippen molar-refractivity contribution in [2.24, 2.45) is 0 Å². The van der Waals surface area contributed by atoms with Crippen molar-refractivity contribution in [3.05, 3.63) is 32.6 Å². The van der Waals surface area contributed by atoms with Crippen LogP contribution in [0.2, 0.25) is 0 Å². The first-order valence-corrected chi connectivity index (χ1v) is 5.53. The van der Waals surface area contributed by atoms with Gasteiger partial charge in [0.15, 0.2) is 0 Å². The molecular formula is C10H15ClN2O4. The van der Waals surface area contributed by atoms with Gasteiger partial charge in [-0.1, -0.05) is 11.6 Å². The summed E-state index contributed by atoms with van der Waals surface area (Å²) in [6.07, 6.45) is 1.21. The Morgan fingerprint density at radius 3 is 2.76 bits per heavy atom. The third-order valence-electron chi connectivity index (χ3n) is 2.44. The van der Waals surface area contributed by atoms with Crippen molar-refractivity contribution in [2.45, 2.75) is 24.9 Å². The van der Waals surface area contributed by atoms with Crippen LogP contribution in [0.5, 0.6) is 0 Å².